The van der Waals surface area contributed by atoms with E-state index in [1.807, 2.05) is 47.3 Å². The molecule has 0 saturated carbocycles. The highest BCUT2D eigenvalue weighted by Gasteiger charge is 2.32. The summed E-state index contributed by atoms with van der Waals surface area (Å²) in [5, 5.41) is 11.2. The van der Waals surface area contributed by atoms with E-state index in [1.165, 1.54) is 5.56 Å². The summed E-state index contributed by atoms with van der Waals surface area (Å²) in [7, 11) is 0. The van der Waals surface area contributed by atoms with Gasteiger partial charge in [-0.25, -0.2) is 4.68 Å². The minimum absolute atomic E-state index is 0.160. The molecule has 0 amide bonds. The van der Waals surface area contributed by atoms with E-state index in [-0.39, 0.29) is 6.04 Å². The largest absolute Gasteiger partial charge is 0.459 e. The third-order valence-corrected chi connectivity index (χ3v) is 7.12. The van der Waals surface area contributed by atoms with Crippen LogP contribution in [0.15, 0.2) is 83.7 Å². The Labute approximate surface area is 218 Å². The van der Waals surface area contributed by atoms with Crippen molar-refractivity contribution < 1.29 is 4.42 Å². The van der Waals surface area contributed by atoms with Crippen LogP contribution in [-0.2, 0) is 6.54 Å². The molecular formula is C27H24Cl2N6O. The quantitative estimate of drug-likeness (QED) is 0.288. The lowest BCUT2D eigenvalue weighted by Crippen LogP contribution is -2.48. The van der Waals surface area contributed by atoms with Gasteiger partial charge in [0.1, 0.15) is 23.1 Å². The number of pyridine rings is 1. The summed E-state index contributed by atoms with van der Waals surface area (Å²) in [6.07, 6.45) is 5.29. The highest BCUT2D eigenvalue weighted by Crippen LogP contribution is 2.36. The maximum atomic E-state index is 6.43. The zero-order chi connectivity index (χ0) is 24.5. The Balaban J connectivity index is 1.30. The summed E-state index contributed by atoms with van der Waals surface area (Å²) in [6, 6.07) is 20.3. The Morgan fingerprint density at radius 1 is 0.889 bits per heavy atom. The number of fused-ring (bicyclic) bond motifs is 1. The molecule has 36 heavy (non-hydrogen) atoms. The first-order chi connectivity index (χ1) is 17.7. The summed E-state index contributed by atoms with van der Waals surface area (Å²) >= 11 is 12.9. The Bertz CT molecular complexity index is 1420. The second-order valence-electron chi connectivity index (χ2n) is 8.89. The second kappa shape index (κ2) is 9.93. The molecule has 3 aromatic heterocycles. The predicted molar refractivity (Wildman–Crippen MR) is 142 cm³/mol. The number of halogens is 2. The average molecular weight is 519 g/mol. The molecule has 1 fully saturated rings. The molecule has 5 aromatic rings. The number of hydrogen-bond acceptors (Lipinski definition) is 6. The molecule has 0 N–H and O–H groups in total. The van der Waals surface area contributed by atoms with Gasteiger partial charge in [0, 0.05) is 44.0 Å². The topological polar surface area (TPSA) is 63.2 Å². The van der Waals surface area contributed by atoms with Gasteiger partial charge in [-0.1, -0.05) is 76.9 Å². The average Bonchev–Trinajstić information content (AvgIpc) is 3.53. The van der Waals surface area contributed by atoms with E-state index in [4.69, 9.17) is 27.6 Å². The lowest BCUT2D eigenvalue weighted by molar-refractivity contribution is 0.191. The first-order valence-electron chi connectivity index (χ1n) is 11.9. The molecule has 0 bridgehead atoms. The number of aromatic nitrogens is 4. The number of piperazine rings is 1. The highest BCUT2D eigenvalue weighted by molar-refractivity contribution is 6.38. The summed E-state index contributed by atoms with van der Waals surface area (Å²) in [5.74, 6) is 0.858. The monoisotopic (exact) mass is 518 g/mol. The van der Waals surface area contributed by atoms with Crippen molar-refractivity contribution in [3.8, 4) is 0 Å². The Morgan fingerprint density at radius 3 is 2.36 bits per heavy atom. The summed E-state index contributed by atoms with van der Waals surface area (Å²) < 4.78 is 8.21. The van der Waals surface area contributed by atoms with Crippen molar-refractivity contribution in [2.45, 2.75) is 12.6 Å². The summed E-state index contributed by atoms with van der Waals surface area (Å²) in [6.45, 7) is 3.74. The van der Waals surface area contributed by atoms with Gasteiger partial charge in [-0.05, 0) is 17.7 Å². The molecule has 1 atom stereocenters. The van der Waals surface area contributed by atoms with Crippen LogP contribution in [0.2, 0.25) is 10.0 Å². The number of hydrogen-bond donors (Lipinski definition) is 0. The molecular weight excluding hydrogens is 495 g/mol. The van der Waals surface area contributed by atoms with E-state index in [0.29, 0.717) is 16.6 Å². The molecule has 4 heterocycles. The number of para-hydroxylation sites is 1. The van der Waals surface area contributed by atoms with Crippen molar-refractivity contribution >= 4 is 39.9 Å². The number of anilines is 1. The molecule has 1 saturated heterocycles. The lowest BCUT2D eigenvalue weighted by Gasteiger charge is -2.39. The fourth-order valence-electron chi connectivity index (χ4n) is 4.85. The van der Waals surface area contributed by atoms with Gasteiger partial charge in [-0.2, -0.15) is 0 Å². The molecule has 0 aliphatic carbocycles. The fraction of sp³-hybridized carbons (Fsp3) is 0.222. The normalized spacial score (nSPS) is 15.4. The van der Waals surface area contributed by atoms with E-state index in [1.54, 1.807) is 12.4 Å². The lowest BCUT2D eigenvalue weighted by atomic mass is 10.1. The zero-order valence-electron chi connectivity index (χ0n) is 19.5. The second-order valence-corrected chi connectivity index (χ2v) is 9.70. The van der Waals surface area contributed by atoms with E-state index in [2.05, 4.69) is 49.4 Å². The zero-order valence-corrected chi connectivity index (χ0v) is 21.0. The molecule has 2 aromatic carbocycles. The minimum Gasteiger partial charge on any atom is -0.459 e. The standard InChI is InChI=1S/C27H24Cl2N6O/c28-21-15-30-16-22(29)26(21)33-10-12-34(13-11-33)27(25-14-20-8-4-5-9-24(20)36-25)23-18-35(32-31-23)17-19-6-2-1-3-7-19/h1-9,14-16,18,27H,10-13,17H2. The minimum atomic E-state index is -0.160. The van der Waals surface area contributed by atoms with Crippen LogP contribution in [0.25, 0.3) is 11.0 Å². The van der Waals surface area contributed by atoms with Crippen molar-refractivity contribution in [2.24, 2.45) is 0 Å². The van der Waals surface area contributed by atoms with Crippen molar-refractivity contribution in [1.29, 1.82) is 0 Å². The Hall–Kier alpha value is -3.39. The number of nitrogens with zero attached hydrogens (tertiary/aromatic N) is 6. The van der Waals surface area contributed by atoms with E-state index in [9.17, 15) is 0 Å². The summed E-state index contributed by atoms with van der Waals surface area (Å²) in [5.41, 5.74) is 3.73. The van der Waals surface area contributed by atoms with Crippen LogP contribution in [0, 0.1) is 0 Å². The van der Waals surface area contributed by atoms with E-state index >= 15 is 0 Å². The molecule has 7 nitrogen and oxygen atoms in total. The van der Waals surface area contributed by atoms with Crippen LogP contribution in [-0.4, -0.2) is 51.1 Å². The third kappa shape index (κ3) is 4.57. The fourth-order valence-corrected chi connectivity index (χ4v) is 5.45. The van der Waals surface area contributed by atoms with Crippen LogP contribution < -0.4 is 4.90 Å². The van der Waals surface area contributed by atoms with Gasteiger partial charge in [0.05, 0.1) is 28.5 Å². The van der Waals surface area contributed by atoms with Gasteiger partial charge < -0.3 is 9.32 Å². The number of benzene rings is 2. The van der Waals surface area contributed by atoms with Gasteiger partial charge in [-0.3, -0.25) is 9.88 Å². The summed E-state index contributed by atoms with van der Waals surface area (Å²) in [4.78, 5) is 8.68. The smallest absolute Gasteiger partial charge is 0.134 e. The Kier molecular flexibility index (Phi) is 6.35. The number of rotatable bonds is 6. The first-order valence-corrected chi connectivity index (χ1v) is 12.6. The van der Waals surface area contributed by atoms with Crippen LogP contribution in [0.1, 0.15) is 23.1 Å². The Morgan fingerprint density at radius 2 is 1.61 bits per heavy atom. The van der Waals surface area contributed by atoms with Crippen molar-refractivity contribution in [3.05, 3.63) is 106 Å². The molecule has 0 spiro atoms. The van der Waals surface area contributed by atoms with Gasteiger partial charge in [0.2, 0.25) is 0 Å². The maximum Gasteiger partial charge on any atom is 0.134 e. The number of furan rings is 1. The van der Waals surface area contributed by atoms with Gasteiger partial charge in [-0.15, -0.1) is 5.10 Å². The highest BCUT2D eigenvalue weighted by atomic mass is 35.5. The molecule has 1 aliphatic heterocycles. The van der Waals surface area contributed by atoms with Crippen LogP contribution in [0.3, 0.4) is 0 Å². The van der Waals surface area contributed by atoms with Gasteiger partial charge in [0.25, 0.3) is 0 Å². The van der Waals surface area contributed by atoms with Gasteiger partial charge >= 0.3 is 0 Å². The van der Waals surface area contributed by atoms with E-state index in [0.717, 1.165) is 54.3 Å². The first kappa shape index (κ1) is 23.0. The van der Waals surface area contributed by atoms with E-state index < -0.39 is 0 Å². The van der Waals surface area contributed by atoms with Crippen LogP contribution in [0.5, 0.6) is 0 Å². The molecule has 6 rings (SSSR count). The predicted octanol–water partition coefficient (Wildman–Crippen LogP) is 5.69. The van der Waals surface area contributed by atoms with Gasteiger partial charge in [0.15, 0.2) is 0 Å². The van der Waals surface area contributed by atoms with Crippen molar-refractivity contribution in [3.63, 3.8) is 0 Å². The molecule has 0 radical (unpaired) electrons. The SMILES string of the molecule is Clc1cncc(Cl)c1N1CCN(C(c2cn(Cc3ccccc3)nn2)c2cc3ccccc3o2)CC1. The van der Waals surface area contributed by atoms with Crippen molar-refractivity contribution in [1.82, 2.24) is 24.9 Å². The maximum absolute atomic E-state index is 6.43. The van der Waals surface area contributed by atoms with Crippen molar-refractivity contribution in [2.75, 3.05) is 31.1 Å². The molecule has 9 heteroatoms. The molecule has 1 unspecified atom stereocenters. The molecule has 1 aliphatic rings. The molecule has 182 valence electrons. The van der Waals surface area contributed by atoms with Crippen LogP contribution in [0.4, 0.5) is 5.69 Å². The third-order valence-electron chi connectivity index (χ3n) is 6.56. The van der Waals surface area contributed by atoms with Crippen LogP contribution >= 0.6 is 23.2 Å².